The summed E-state index contributed by atoms with van der Waals surface area (Å²) in [5.41, 5.74) is 5.20. The fourth-order valence-electron chi connectivity index (χ4n) is 1.21. The highest BCUT2D eigenvalue weighted by atomic mass is 16.5. The summed E-state index contributed by atoms with van der Waals surface area (Å²) in [6.45, 7) is 3.83. The third-order valence-corrected chi connectivity index (χ3v) is 2.22. The number of carbonyl (C=O) groups excluding carboxylic acids is 1. The highest BCUT2D eigenvalue weighted by molar-refractivity contribution is 5.76. The maximum Gasteiger partial charge on any atom is 0.220 e. The van der Waals surface area contributed by atoms with Crippen molar-refractivity contribution in [3.05, 3.63) is 0 Å². The van der Waals surface area contributed by atoms with Gasteiger partial charge in [0.15, 0.2) is 0 Å². The Hall–Kier alpha value is -0.650. The number of rotatable bonds is 10. The van der Waals surface area contributed by atoms with Gasteiger partial charge in [-0.15, -0.1) is 0 Å². The molecule has 0 bridgehead atoms. The second-order valence-corrected chi connectivity index (χ2v) is 3.43. The summed E-state index contributed by atoms with van der Waals surface area (Å²) in [6, 6.07) is 0. The lowest BCUT2D eigenvalue weighted by atomic mass is 10.0. The van der Waals surface area contributed by atoms with Crippen LogP contribution in [0.5, 0.6) is 0 Å². The van der Waals surface area contributed by atoms with Gasteiger partial charge in [-0.2, -0.15) is 0 Å². The van der Waals surface area contributed by atoms with Crippen molar-refractivity contribution < 1.29 is 14.6 Å². The van der Waals surface area contributed by atoms with E-state index in [0.717, 1.165) is 19.4 Å². The van der Waals surface area contributed by atoms with Gasteiger partial charge in [0.1, 0.15) is 0 Å². The van der Waals surface area contributed by atoms with Crippen LogP contribution in [-0.2, 0) is 9.53 Å². The number of nitrogens with two attached hydrogens (primary N) is 1. The summed E-state index contributed by atoms with van der Waals surface area (Å²) in [4.78, 5) is 10.9. The minimum Gasteiger partial charge on any atom is -0.396 e. The van der Waals surface area contributed by atoms with Crippen LogP contribution in [0.25, 0.3) is 0 Å². The van der Waals surface area contributed by atoms with Gasteiger partial charge >= 0.3 is 0 Å². The Balaban J connectivity index is 3.25. The van der Waals surface area contributed by atoms with Crippen LogP contribution in [0.15, 0.2) is 0 Å². The number of aliphatic hydroxyl groups is 1. The van der Waals surface area contributed by atoms with Crippen LogP contribution in [0.2, 0.25) is 0 Å². The fourth-order valence-corrected chi connectivity index (χ4v) is 1.21. The predicted octanol–water partition coefficient (Wildman–Crippen LogP) is -0.166. The van der Waals surface area contributed by atoms with E-state index < -0.39 is 0 Å². The lowest BCUT2D eigenvalue weighted by molar-refractivity contribution is -0.122. The van der Waals surface area contributed by atoms with Crippen molar-refractivity contribution in [2.45, 2.75) is 26.2 Å². The van der Waals surface area contributed by atoms with Crippen molar-refractivity contribution in [3.8, 4) is 0 Å². The van der Waals surface area contributed by atoms with Gasteiger partial charge in [-0.1, -0.05) is 6.92 Å². The molecule has 0 saturated carbocycles. The highest BCUT2D eigenvalue weighted by Crippen LogP contribution is 2.05. The number of primary amides is 1. The topological polar surface area (TPSA) is 84.6 Å². The number of carbonyl (C=O) groups is 1. The van der Waals surface area contributed by atoms with Crippen LogP contribution < -0.4 is 11.1 Å². The molecule has 0 aromatic rings. The van der Waals surface area contributed by atoms with Gasteiger partial charge in [-0.25, -0.2) is 0 Å². The molecule has 5 heteroatoms. The number of amides is 1. The molecule has 0 aromatic heterocycles. The van der Waals surface area contributed by atoms with Crippen LogP contribution in [0, 0.1) is 5.92 Å². The quantitative estimate of drug-likeness (QED) is 0.351. The summed E-state index contributed by atoms with van der Waals surface area (Å²) in [6.07, 6.45) is 2.18. The standard InChI is InChI=1S/C10H22N2O3/c1-2-9(10(11)14)4-5-12-8-15-7-3-6-13/h9,12-13H,2-8H2,1H3,(H2,11,14). The smallest absolute Gasteiger partial charge is 0.220 e. The molecule has 0 aliphatic heterocycles. The van der Waals surface area contributed by atoms with Gasteiger partial charge < -0.3 is 15.6 Å². The molecule has 0 radical (unpaired) electrons. The summed E-state index contributed by atoms with van der Waals surface area (Å²) in [7, 11) is 0. The van der Waals surface area contributed by atoms with Crippen LogP contribution in [0.4, 0.5) is 0 Å². The molecule has 0 aliphatic rings. The van der Waals surface area contributed by atoms with E-state index in [-0.39, 0.29) is 18.4 Å². The first-order valence-corrected chi connectivity index (χ1v) is 5.41. The van der Waals surface area contributed by atoms with Crippen LogP contribution in [0.1, 0.15) is 26.2 Å². The summed E-state index contributed by atoms with van der Waals surface area (Å²) in [5.74, 6) is -0.282. The molecule has 0 aromatic carbocycles. The second kappa shape index (κ2) is 9.89. The summed E-state index contributed by atoms with van der Waals surface area (Å²) >= 11 is 0. The molecule has 0 heterocycles. The molecule has 90 valence electrons. The number of hydrogen-bond acceptors (Lipinski definition) is 4. The van der Waals surface area contributed by atoms with Gasteiger partial charge in [0, 0.05) is 12.5 Å². The minimum absolute atomic E-state index is 0.0464. The molecule has 0 aliphatic carbocycles. The van der Waals surface area contributed by atoms with Gasteiger partial charge in [-0.05, 0) is 25.8 Å². The number of aliphatic hydroxyl groups excluding tert-OH is 1. The summed E-state index contributed by atoms with van der Waals surface area (Å²) in [5, 5.41) is 11.5. The lowest BCUT2D eigenvalue weighted by Crippen LogP contribution is -2.28. The monoisotopic (exact) mass is 218 g/mol. The molecule has 5 nitrogen and oxygen atoms in total. The Labute approximate surface area is 91.0 Å². The Kier molecular flexibility index (Phi) is 9.46. The Morgan fingerprint density at radius 3 is 2.87 bits per heavy atom. The largest absolute Gasteiger partial charge is 0.396 e. The molecule has 1 unspecified atom stereocenters. The molecule has 15 heavy (non-hydrogen) atoms. The van der Waals surface area contributed by atoms with Gasteiger partial charge in [0.25, 0.3) is 0 Å². The second-order valence-electron chi connectivity index (χ2n) is 3.43. The molecular formula is C10H22N2O3. The van der Waals surface area contributed by atoms with E-state index in [9.17, 15) is 4.79 Å². The zero-order valence-electron chi connectivity index (χ0n) is 9.37. The maximum absolute atomic E-state index is 10.9. The molecule has 0 rings (SSSR count). The third-order valence-electron chi connectivity index (χ3n) is 2.22. The summed E-state index contributed by atoms with van der Waals surface area (Å²) < 4.78 is 5.16. The molecule has 0 saturated heterocycles. The van der Waals surface area contributed by atoms with Crippen LogP contribution >= 0.6 is 0 Å². The minimum atomic E-state index is -0.236. The van der Waals surface area contributed by atoms with Gasteiger partial charge in [0.2, 0.25) is 5.91 Å². The first-order chi connectivity index (χ1) is 7.22. The van der Waals surface area contributed by atoms with Gasteiger partial charge in [0.05, 0.1) is 13.3 Å². The van der Waals surface area contributed by atoms with E-state index >= 15 is 0 Å². The van der Waals surface area contributed by atoms with E-state index in [1.807, 2.05) is 6.92 Å². The Morgan fingerprint density at radius 1 is 1.60 bits per heavy atom. The molecule has 0 spiro atoms. The molecule has 4 N–H and O–H groups in total. The average molecular weight is 218 g/mol. The molecule has 1 amide bonds. The van der Waals surface area contributed by atoms with Crippen molar-refractivity contribution in [1.29, 1.82) is 0 Å². The van der Waals surface area contributed by atoms with Crippen molar-refractivity contribution >= 4 is 5.91 Å². The molecule has 0 fully saturated rings. The van der Waals surface area contributed by atoms with Crippen LogP contribution in [0.3, 0.4) is 0 Å². The normalized spacial score (nSPS) is 12.7. The van der Waals surface area contributed by atoms with E-state index in [1.54, 1.807) is 0 Å². The van der Waals surface area contributed by atoms with Crippen LogP contribution in [-0.4, -0.2) is 37.5 Å². The zero-order valence-corrected chi connectivity index (χ0v) is 9.37. The van der Waals surface area contributed by atoms with Crippen molar-refractivity contribution in [3.63, 3.8) is 0 Å². The fraction of sp³-hybridized carbons (Fsp3) is 0.900. The third kappa shape index (κ3) is 8.35. The van der Waals surface area contributed by atoms with E-state index in [4.69, 9.17) is 15.6 Å². The van der Waals surface area contributed by atoms with Crippen molar-refractivity contribution in [2.75, 3.05) is 26.5 Å². The van der Waals surface area contributed by atoms with Crippen molar-refractivity contribution in [2.24, 2.45) is 11.7 Å². The SMILES string of the molecule is CCC(CCNCOCCCO)C(N)=O. The predicted molar refractivity (Wildman–Crippen MR) is 58.1 cm³/mol. The number of nitrogens with one attached hydrogen (secondary N) is 1. The molecular weight excluding hydrogens is 196 g/mol. The first kappa shape index (κ1) is 14.3. The number of hydrogen-bond donors (Lipinski definition) is 3. The Morgan fingerprint density at radius 2 is 2.33 bits per heavy atom. The van der Waals surface area contributed by atoms with E-state index in [1.165, 1.54) is 0 Å². The highest BCUT2D eigenvalue weighted by Gasteiger charge is 2.11. The molecule has 1 atom stereocenters. The van der Waals surface area contributed by atoms with E-state index in [2.05, 4.69) is 5.32 Å². The zero-order chi connectivity index (χ0) is 11.5. The lowest BCUT2D eigenvalue weighted by Gasteiger charge is -2.11. The average Bonchev–Trinajstić information content (AvgIpc) is 2.21. The number of ether oxygens (including phenoxy) is 1. The van der Waals surface area contributed by atoms with Gasteiger partial charge in [-0.3, -0.25) is 10.1 Å². The Bertz CT molecular complexity index is 165. The van der Waals surface area contributed by atoms with Crippen molar-refractivity contribution in [1.82, 2.24) is 5.32 Å². The first-order valence-electron chi connectivity index (χ1n) is 5.41. The maximum atomic E-state index is 10.9. The van der Waals surface area contributed by atoms with E-state index in [0.29, 0.717) is 19.8 Å².